The van der Waals surface area contributed by atoms with E-state index in [1.54, 1.807) is 0 Å². The number of fused-ring (bicyclic) bond motifs is 3. The minimum Gasteiger partial charge on any atom is -0.367 e. The summed E-state index contributed by atoms with van der Waals surface area (Å²) in [4.78, 5) is 3.16. The van der Waals surface area contributed by atoms with E-state index in [1.807, 2.05) is 6.20 Å². The summed E-state index contributed by atoms with van der Waals surface area (Å²) < 4.78 is 0. The molecule has 1 N–H and O–H groups in total. The third kappa shape index (κ3) is 2.01. The Labute approximate surface area is 125 Å². The maximum atomic E-state index is 3.16. The lowest BCUT2D eigenvalue weighted by Gasteiger charge is -2.12. The van der Waals surface area contributed by atoms with Crippen LogP contribution in [0.5, 0.6) is 0 Å². The zero-order valence-electron chi connectivity index (χ0n) is 12.5. The molecule has 1 nitrogen and oxygen atoms in total. The number of hydrogen-bond donors (Lipinski definition) is 1. The first-order chi connectivity index (χ1) is 10.2. The molecule has 1 atom stereocenters. The van der Waals surface area contributed by atoms with Gasteiger partial charge in [-0.1, -0.05) is 48.9 Å². The minimum atomic E-state index is 0.426. The molecule has 2 aromatic carbocycles. The quantitative estimate of drug-likeness (QED) is 0.526. The van der Waals surface area contributed by atoms with E-state index in [-0.39, 0.29) is 0 Å². The van der Waals surface area contributed by atoms with Crippen LogP contribution in [0.2, 0.25) is 0 Å². The summed E-state index contributed by atoms with van der Waals surface area (Å²) in [6.45, 7) is 4.45. The first kappa shape index (κ1) is 12.5. The molecule has 0 fully saturated rings. The number of aromatic amines is 1. The van der Waals surface area contributed by atoms with Crippen molar-refractivity contribution in [2.75, 3.05) is 0 Å². The standard InChI is InChI=1S/C20H19N/c1-13-3-4-16-10-17-6-5-15(11-20(17)19(16)9-13)14(2)18-7-8-21-12-18/h3-9,11-12,14,21H,10H2,1-2H3. The van der Waals surface area contributed by atoms with Crippen LogP contribution < -0.4 is 0 Å². The predicted molar refractivity (Wildman–Crippen MR) is 87.7 cm³/mol. The molecule has 0 spiro atoms. The van der Waals surface area contributed by atoms with Crippen molar-refractivity contribution < 1.29 is 0 Å². The SMILES string of the molecule is Cc1ccc2c(c1)-c1cc(C(C)c3cc[nH]c3)ccc1C2. The highest BCUT2D eigenvalue weighted by molar-refractivity contribution is 5.78. The average molecular weight is 273 g/mol. The van der Waals surface area contributed by atoms with Crippen molar-refractivity contribution in [3.8, 4) is 11.1 Å². The third-order valence-corrected chi connectivity index (χ3v) is 4.69. The molecule has 3 aromatic rings. The normalized spacial score (nSPS) is 13.8. The highest BCUT2D eigenvalue weighted by atomic mass is 14.6. The maximum Gasteiger partial charge on any atom is 0.00761 e. The lowest BCUT2D eigenvalue weighted by atomic mass is 9.92. The summed E-state index contributed by atoms with van der Waals surface area (Å²) in [6.07, 6.45) is 5.16. The zero-order valence-corrected chi connectivity index (χ0v) is 12.5. The van der Waals surface area contributed by atoms with E-state index in [2.05, 4.69) is 67.5 Å². The largest absolute Gasteiger partial charge is 0.367 e. The van der Waals surface area contributed by atoms with Crippen LogP contribution in [0.4, 0.5) is 0 Å². The molecular formula is C20H19N. The number of aromatic nitrogens is 1. The Kier molecular flexibility index (Phi) is 2.75. The van der Waals surface area contributed by atoms with Gasteiger partial charge in [0.15, 0.2) is 0 Å². The fourth-order valence-corrected chi connectivity index (χ4v) is 3.37. The molecule has 1 heterocycles. The molecule has 0 aliphatic heterocycles. The van der Waals surface area contributed by atoms with Gasteiger partial charge in [0.25, 0.3) is 0 Å². The van der Waals surface area contributed by atoms with Crippen LogP contribution in [-0.4, -0.2) is 4.98 Å². The second-order valence-electron chi connectivity index (χ2n) is 6.12. The monoisotopic (exact) mass is 273 g/mol. The van der Waals surface area contributed by atoms with E-state index in [0.29, 0.717) is 5.92 Å². The lowest BCUT2D eigenvalue weighted by Crippen LogP contribution is -1.95. The topological polar surface area (TPSA) is 15.8 Å². The molecule has 21 heavy (non-hydrogen) atoms. The van der Waals surface area contributed by atoms with E-state index in [0.717, 1.165) is 6.42 Å². The molecule has 0 radical (unpaired) electrons. The molecule has 1 heteroatoms. The Morgan fingerprint density at radius 1 is 0.905 bits per heavy atom. The second kappa shape index (κ2) is 4.63. The molecule has 1 aliphatic carbocycles. The van der Waals surface area contributed by atoms with Gasteiger partial charge in [-0.05, 0) is 52.8 Å². The van der Waals surface area contributed by atoms with Crippen molar-refractivity contribution in [3.63, 3.8) is 0 Å². The molecule has 0 saturated heterocycles. The molecular weight excluding hydrogens is 254 g/mol. The van der Waals surface area contributed by atoms with Crippen molar-refractivity contribution in [1.82, 2.24) is 4.98 Å². The van der Waals surface area contributed by atoms with E-state index < -0.39 is 0 Å². The summed E-state index contributed by atoms with van der Waals surface area (Å²) in [7, 11) is 0. The number of aryl methyl sites for hydroxylation is 1. The Hall–Kier alpha value is -2.28. The molecule has 104 valence electrons. The van der Waals surface area contributed by atoms with E-state index in [9.17, 15) is 0 Å². The molecule has 4 rings (SSSR count). The third-order valence-electron chi connectivity index (χ3n) is 4.69. The zero-order chi connectivity index (χ0) is 14.4. The Balaban J connectivity index is 1.80. The fraction of sp³-hybridized carbons (Fsp3) is 0.200. The van der Waals surface area contributed by atoms with Gasteiger partial charge >= 0.3 is 0 Å². The van der Waals surface area contributed by atoms with Gasteiger partial charge in [0.2, 0.25) is 0 Å². The van der Waals surface area contributed by atoms with Gasteiger partial charge in [-0.3, -0.25) is 0 Å². The van der Waals surface area contributed by atoms with Crippen molar-refractivity contribution in [2.24, 2.45) is 0 Å². The van der Waals surface area contributed by atoms with E-state index in [1.165, 1.54) is 38.9 Å². The first-order valence-electron chi connectivity index (χ1n) is 7.58. The van der Waals surface area contributed by atoms with Gasteiger partial charge in [-0.15, -0.1) is 0 Å². The molecule has 1 unspecified atom stereocenters. The second-order valence-corrected chi connectivity index (χ2v) is 6.12. The van der Waals surface area contributed by atoms with Crippen LogP contribution >= 0.6 is 0 Å². The summed E-state index contributed by atoms with van der Waals surface area (Å²) >= 11 is 0. The minimum absolute atomic E-state index is 0.426. The van der Waals surface area contributed by atoms with Gasteiger partial charge in [0.05, 0.1) is 0 Å². The van der Waals surface area contributed by atoms with Crippen LogP contribution in [0, 0.1) is 6.92 Å². The Morgan fingerprint density at radius 2 is 1.67 bits per heavy atom. The van der Waals surface area contributed by atoms with Gasteiger partial charge in [0, 0.05) is 18.3 Å². The van der Waals surface area contributed by atoms with Crippen LogP contribution in [0.3, 0.4) is 0 Å². The maximum absolute atomic E-state index is 3.16. The van der Waals surface area contributed by atoms with E-state index >= 15 is 0 Å². The average Bonchev–Trinajstić information content (AvgIpc) is 3.13. The number of benzene rings is 2. The van der Waals surface area contributed by atoms with Crippen molar-refractivity contribution >= 4 is 0 Å². The Morgan fingerprint density at radius 3 is 2.43 bits per heavy atom. The lowest BCUT2D eigenvalue weighted by molar-refractivity contribution is 0.924. The molecule has 0 bridgehead atoms. The van der Waals surface area contributed by atoms with Crippen molar-refractivity contribution in [3.05, 3.63) is 82.7 Å². The van der Waals surface area contributed by atoms with Gasteiger partial charge < -0.3 is 4.98 Å². The summed E-state index contributed by atoms with van der Waals surface area (Å²) in [5.41, 5.74) is 9.84. The summed E-state index contributed by atoms with van der Waals surface area (Å²) in [5, 5.41) is 0. The van der Waals surface area contributed by atoms with Crippen LogP contribution in [-0.2, 0) is 6.42 Å². The molecule has 1 aromatic heterocycles. The van der Waals surface area contributed by atoms with Gasteiger partial charge in [0.1, 0.15) is 0 Å². The van der Waals surface area contributed by atoms with Gasteiger partial charge in [-0.2, -0.15) is 0 Å². The smallest absolute Gasteiger partial charge is 0.00761 e. The highest BCUT2D eigenvalue weighted by Crippen LogP contribution is 2.39. The number of nitrogens with one attached hydrogen (secondary N) is 1. The van der Waals surface area contributed by atoms with Gasteiger partial charge in [-0.25, -0.2) is 0 Å². The van der Waals surface area contributed by atoms with Crippen molar-refractivity contribution in [2.45, 2.75) is 26.2 Å². The highest BCUT2D eigenvalue weighted by Gasteiger charge is 2.20. The van der Waals surface area contributed by atoms with Crippen LogP contribution in [0.15, 0.2) is 54.9 Å². The number of rotatable bonds is 2. The van der Waals surface area contributed by atoms with Crippen LogP contribution in [0.25, 0.3) is 11.1 Å². The first-order valence-corrected chi connectivity index (χ1v) is 7.58. The Bertz CT molecular complexity index is 797. The summed E-state index contributed by atoms with van der Waals surface area (Å²) in [6, 6.07) is 16.0. The number of H-pyrrole nitrogens is 1. The number of hydrogen-bond acceptors (Lipinski definition) is 0. The van der Waals surface area contributed by atoms with E-state index in [4.69, 9.17) is 0 Å². The predicted octanol–water partition coefficient (Wildman–Crippen LogP) is 5.05. The molecule has 0 amide bonds. The summed E-state index contributed by atoms with van der Waals surface area (Å²) in [5.74, 6) is 0.426. The molecule has 0 saturated carbocycles. The van der Waals surface area contributed by atoms with Crippen LogP contribution in [0.1, 0.15) is 40.7 Å². The molecule has 1 aliphatic rings. The van der Waals surface area contributed by atoms with Crippen molar-refractivity contribution in [1.29, 1.82) is 0 Å². The fourth-order valence-electron chi connectivity index (χ4n) is 3.37.